The quantitative estimate of drug-likeness (QED) is 0.772. The number of rotatable bonds is 0. The molecule has 78 valence electrons. The fraction of sp³-hybridized carbons (Fsp3) is 0.636. The van der Waals surface area contributed by atoms with Crippen molar-refractivity contribution in [3.05, 3.63) is 22.1 Å². The molecule has 14 heavy (non-hydrogen) atoms. The Bertz CT molecular complexity index is 338. The van der Waals surface area contributed by atoms with Crippen molar-refractivity contribution in [2.45, 2.75) is 33.2 Å². The second kappa shape index (κ2) is 3.38. The van der Waals surface area contributed by atoms with Gasteiger partial charge in [0.1, 0.15) is 5.76 Å². The molecule has 0 aromatic carbocycles. The zero-order valence-electron chi connectivity index (χ0n) is 8.86. The average Bonchev–Trinajstić information content (AvgIpc) is 2.41. The number of furan rings is 1. The van der Waals surface area contributed by atoms with Crippen LogP contribution in [0.4, 0.5) is 0 Å². The van der Waals surface area contributed by atoms with Crippen LogP contribution in [0.3, 0.4) is 0 Å². The van der Waals surface area contributed by atoms with Gasteiger partial charge in [0, 0.05) is 24.6 Å². The lowest BCUT2D eigenvalue weighted by Gasteiger charge is -2.34. The molecule has 1 atom stereocenters. The first-order valence-corrected chi connectivity index (χ1v) is 5.79. The molecule has 2 heterocycles. The summed E-state index contributed by atoms with van der Waals surface area (Å²) in [6, 6.07) is 2.50. The summed E-state index contributed by atoms with van der Waals surface area (Å²) in [7, 11) is 0. The fourth-order valence-electron chi connectivity index (χ4n) is 2.06. The van der Waals surface area contributed by atoms with Gasteiger partial charge in [-0.15, -0.1) is 0 Å². The summed E-state index contributed by atoms with van der Waals surface area (Å²) in [6.07, 6.45) is 0.994. The Morgan fingerprint density at radius 2 is 2.21 bits per heavy atom. The first-order chi connectivity index (χ1) is 6.48. The molecule has 0 fully saturated rings. The summed E-state index contributed by atoms with van der Waals surface area (Å²) in [6.45, 7) is 7.76. The van der Waals surface area contributed by atoms with Crippen molar-refractivity contribution in [1.82, 2.24) is 5.32 Å². The molecule has 0 bridgehead atoms. The largest absolute Gasteiger partial charge is 0.454 e. The van der Waals surface area contributed by atoms with Crippen molar-refractivity contribution in [3.63, 3.8) is 0 Å². The molecule has 2 rings (SSSR count). The van der Waals surface area contributed by atoms with Crippen LogP contribution in [0.2, 0.25) is 0 Å². The van der Waals surface area contributed by atoms with E-state index < -0.39 is 0 Å². The summed E-state index contributed by atoms with van der Waals surface area (Å²) < 4.78 is 6.46. The van der Waals surface area contributed by atoms with Gasteiger partial charge < -0.3 is 9.73 Å². The summed E-state index contributed by atoms with van der Waals surface area (Å²) in [5.74, 6) is 1.13. The van der Waals surface area contributed by atoms with E-state index in [0.717, 1.165) is 23.4 Å². The van der Waals surface area contributed by atoms with Crippen molar-refractivity contribution in [2.75, 3.05) is 6.54 Å². The van der Waals surface area contributed by atoms with E-state index in [4.69, 9.17) is 4.42 Å². The van der Waals surface area contributed by atoms with Crippen molar-refractivity contribution >= 4 is 15.9 Å². The Hall–Kier alpha value is -0.280. The van der Waals surface area contributed by atoms with E-state index in [9.17, 15) is 0 Å². The molecule has 1 N–H and O–H groups in total. The fourth-order valence-corrected chi connectivity index (χ4v) is 2.50. The first kappa shape index (κ1) is 10.2. The molecule has 1 unspecified atom stereocenters. The molecule has 0 saturated carbocycles. The van der Waals surface area contributed by atoms with Crippen LogP contribution in [-0.4, -0.2) is 6.54 Å². The molecule has 2 nitrogen and oxygen atoms in total. The molecule has 0 radical (unpaired) electrons. The van der Waals surface area contributed by atoms with Gasteiger partial charge in [0.2, 0.25) is 0 Å². The van der Waals surface area contributed by atoms with Gasteiger partial charge in [-0.25, -0.2) is 0 Å². The molecule has 1 aliphatic rings. The van der Waals surface area contributed by atoms with Crippen molar-refractivity contribution in [2.24, 2.45) is 5.41 Å². The van der Waals surface area contributed by atoms with E-state index in [1.807, 2.05) is 0 Å². The van der Waals surface area contributed by atoms with Crippen molar-refractivity contribution < 1.29 is 4.42 Å². The van der Waals surface area contributed by atoms with E-state index in [1.54, 1.807) is 0 Å². The second-order valence-corrected chi connectivity index (χ2v) is 5.71. The lowest BCUT2D eigenvalue weighted by atomic mass is 9.80. The van der Waals surface area contributed by atoms with E-state index in [0.29, 0.717) is 6.04 Å². The molecule has 0 aliphatic carbocycles. The van der Waals surface area contributed by atoms with Crippen LogP contribution >= 0.6 is 15.9 Å². The maximum absolute atomic E-state index is 5.61. The van der Waals surface area contributed by atoms with Crippen LogP contribution in [-0.2, 0) is 6.42 Å². The van der Waals surface area contributed by atoms with Crippen LogP contribution in [0.5, 0.6) is 0 Å². The highest BCUT2D eigenvalue weighted by Gasteiger charge is 2.32. The summed E-state index contributed by atoms with van der Waals surface area (Å²) >= 11 is 3.39. The third-order valence-electron chi connectivity index (χ3n) is 2.69. The second-order valence-electron chi connectivity index (χ2n) is 4.93. The molecule has 3 heteroatoms. The van der Waals surface area contributed by atoms with Gasteiger partial charge in [-0.3, -0.25) is 0 Å². The van der Waals surface area contributed by atoms with E-state index in [1.165, 1.54) is 5.56 Å². The van der Waals surface area contributed by atoms with Gasteiger partial charge in [0.05, 0.1) is 0 Å². The normalized spacial score (nSPS) is 22.1. The van der Waals surface area contributed by atoms with Crippen LogP contribution in [0.15, 0.2) is 15.2 Å². The number of hydrogen-bond donors (Lipinski definition) is 1. The summed E-state index contributed by atoms with van der Waals surface area (Å²) in [5, 5.41) is 3.55. The Labute approximate surface area is 93.2 Å². The van der Waals surface area contributed by atoms with Gasteiger partial charge in [-0.05, 0) is 27.4 Å². The molecule has 1 aromatic heterocycles. The van der Waals surface area contributed by atoms with Crippen LogP contribution in [0, 0.1) is 5.41 Å². The van der Waals surface area contributed by atoms with E-state index in [2.05, 4.69) is 48.1 Å². The van der Waals surface area contributed by atoms with Crippen LogP contribution < -0.4 is 5.32 Å². The van der Waals surface area contributed by atoms with Crippen LogP contribution in [0.25, 0.3) is 0 Å². The zero-order valence-corrected chi connectivity index (χ0v) is 10.4. The van der Waals surface area contributed by atoms with Gasteiger partial charge in [0.15, 0.2) is 4.67 Å². The molecule has 1 aliphatic heterocycles. The average molecular weight is 258 g/mol. The standard InChI is InChI=1S/C11H16BrNO/c1-11(2,3)10-7-6-9(12)14-8(7)4-5-13-10/h6,10,13H,4-5H2,1-3H3. The van der Waals surface area contributed by atoms with Gasteiger partial charge in [-0.2, -0.15) is 0 Å². The Balaban J connectivity index is 2.40. The molecule has 0 saturated heterocycles. The predicted octanol–water partition coefficient (Wildman–Crippen LogP) is 3.28. The smallest absolute Gasteiger partial charge is 0.169 e. The Kier molecular flexibility index (Phi) is 2.48. The van der Waals surface area contributed by atoms with Gasteiger partial charge >= 0.3 is 0 Å². The Morgan fingerprint density at radius 1 is 1.50 bits per heavy atom. The van der Waals surface area contributed by atoms with Gasteiger partial charge in [0.25, 0.3) is 0 Å². The molecular formula is C11H16BrNO. The number of fused-ring (bicyclic) bond motifs is 1. The molecule has 0 amide bonds. The maximum Gasteiger partial charge on any atom is 0.169 e. The third-order valence-corrected chi connectivity index (χ3v) is 3.08. The summed E-state index contributed by atoms with van der Waals surface area (Å²) in [4.78, 5) is 0. The molecule has 0 spiro atoms. The van der Waals surface area contributed by atoms with E-state index >= 15 is 0 Å². The minimum Gasteiger partial charge on any atom is -0.454 e. The SMILES string of the molecule is CC(C)(C)C1NCCc2oc(Br)cc21. The maximum atomic E-state index is 5.61. The zero-order chi connectivity index (χ0) is 10.3. The predicted molar refractivity (Wildman–Crippen MR) is 60.3 cm³/mol. The number of hydrogen-bond acceptors (Lipinski definition) is 2. The summed E-state index contributed by atoms with van der Waals surface area (Å²) in [5.41, 5.74) is 1.55. The number of halogens is 1. The highest BCUT2D eigenvalue weighted by molar-refractivity contribution is 9.10. The molecule has 1 aromatic rings. The highest BCUT2D eigenvalue weighted by Crippen LogP contribution is 2.39. The topological polar surface area (TPSA) is 25.2 Å². The monoisotopic (exact) mass is 257 g/mol. The van der Waals surface area contributed by atoms with Crippen molar-refractivity contribution in [1.29, 1.82) is 0 Å². The van der Waals surface area contributed by atoms with Crippen LogP contribution in [0.1, 0.15) is 38.1 Å². The minimum absolute atomic E-state index is 0.235. The van der Waals surface area contributed by atoms with E-state index in [-0.39, 0.29) is 5.41 Å². The van der Waals surface area contributed by atoms with Crippen molar-refractivity contribution in [3.8, 4) is 0 Å². The minimum atomic E-state index is 0.235. The first-order valence-electron chi connectivity index (χ1n) is 5.00. The Morgan fingerprint density at radius 3 is 2.86 bits per heavy atom. The third kappa shape index (κ3) is 1.75. The number of nitrogens with one attached hydrogen (secondary N) is 1. The lowest BCUT2D eigenvalue weighted by molar-refractivity contribution is 0.255. The lowest BCUT2D eigenvalue weighted by Crippen LogP contribution is -2.37. The van der Waals surface area contributed by atoms with Gasteiger partial charge in [-0.1, -0.05) is 20.8 Å². The molecular weight excluding hydrogens is 242 g/mol. The highest BCUT2D eigenvalue weighted by atomic mass is 79.9.